The number of rotatable bonds is 6. The van der Waals surface area contributed by atoms with Gasteiger partial charge in [0, 0.05) is 5.69 Å². The van der Waals surface area contributed by atoms with E-state index in [0.717, 1.165) is 6.42 Å². The van der Waals surface area contributed by atoms with Crippen molar-refractivity contribution in [1.29, 1.82) is 0 Å². The third-order valence-electron chi connectivity index (χ3n) is 6.08. The minimum absolute atomic E-state index is 0.662. The van der Waals surface area contributed by atoms with Crippen molar-refractivity contribution in [3.63, 3.8) is 0 Å². The molecule has 0 aliphatic carbocycles. The maximum absolute atomic E-state index is 2.37. The van der Waals surface area contributed by atoms with Gasteiger partial charge in [0.2, 0.25) is 0 Å². The van der Waals surface area contributed by atoms with Crippen molar-refractivity contribution in [1.82, 2.24) is 4.57 Å². The lowest BCUT2D eigenvalue weighted by atomic mass is 10.0. The second kappa shape index (κ2) is 9.34. The van der Waals surface area contributed by atoms with Crippen molar-refractivity contribution in [3.8, 4) is 39.3 Å². The summed E-state index contributed by atoms with van der Waals surface area (Å²) in [6.07, 6.45) is 1.11. The highest BCUT2D eigenvalue weighted by atomic mass is 15.0. The van der Waals surface area contributed by atoms with Crippen molar-refractivity contribution in [2.45, 2.75) is 20.3 Å². The Labute approximate surface area is 197 Å². The zero-order valence-corrected chi connectivity index (χ0v) is 19.3. The minimum Gasteiger partial charge on any atom is -0.309 e. The van der Waals surface area contributed by atoms with Crippen molar-refractivity contribution < 1.29 is 0 Å². The van der Waals surface area contributed by atoms with Gasteiger partial charge in [0.25, 0.3) is 0 Å². The lowest BCUT2D eigenvalue weighted by Gasteiger charge is -2.15. The van der Waals surface area contributed by atoms with Crippen molar-refractivity contribution in [2.75, 3.05) is 0 Å². The lowest BCUT2D eigenvalue weighted by molar-refractivity contribution is 0.647. The first-order valence-corrected chi connectivity index (χ1v) is 11.7. The van der Waals surface area contributed by atoms with E-state index in [1.54, 1.807) is 0 Å². The maximum Gasteiger partial charge on any atom is 0.0535 e. The number of hydrogen-bond acceptors (Lipinski definition) is 0. The molecule has 0 aliphatic heterocycles. The highest BCUT2D eigenvalue weighted by Gasteiger charge is 2.14. The maximum atomic E-state index is 2.37. The fraction of sp³-hybridized carbons (Fsp3) is 0.125. The molecule has 0 fully saturated rings. The zero-order chi connectivity index (χ0) is 22.6. The molecule has 0 bridgehead atoms. The van der Waals surface area contributed by atoms with Gasteiger partial charge in [-0.1, -0.05) is 111 Å². The van der Waals surface area contributed by atoms with Gasteiger partial charge in [-0.15, -0.1) is 0 Å². The van der Waals surface area contributed by atoms with E-state index < -0.39 is 0 Å². The van der Waals surface area contributed by atoms with Crippen LogP contribution in [-0.4, -0.2) is 4.57 Å². The van der Waals surface area contributed by atoms with E-state index in [2.05, 4.69) is 140 Å². The van der Waals surface area contributed by atoms with E-state index in [-0.39, 0.29) is 0 Å². The second-order valence-electron chi connectivity index (χ2n) is 9.01. The third kappa shape index (κ3) is 4.54. The summed E-state index contributed by atoms with van der Waals surface area (Å²) >= 11 is 0. The topological polar surface area (TPSA) is 4.93 Å². The molecule has 0 saturated carbocycles. The van der Waals surface area contributed by atoms with Crippen LogP contribution in [0.4, 0.5) is 0 Å². The lowest BCUT2D eigenvalue weighted by Crippen LogP contribution is -1.99. The summed E-state index contributed by atoms with van der Waals surface area (Å²) in [5.74, 6) is 0.662. The Bertz CT molecular complexity index is 1310. The molecule has 162 valence electrons. The van der Waals surface area contributed by atoms with E-state index in [0.29, 0.717) is 5.92 Å². The molecule has 4 aromatic carbocycles. The van der Waals surface area contributed by atoms with Gasteiger partial charge in [0.1, 0.15) is 0 Å². The molecule has 1 nitrogen and oxygen atoms in total. The van der Waals surface area contributed by atoms with Gasteiger partial charge >= 0.3 is 0 Å². The van der Waals surface area contributed by atoms with Crippen LogP contribution in [0.15, 0.2) is 121 Å². The van der Waals surface area contributed by atoms with Crippen molar-refractivity contribution in [3.05, 3.63) is 127 Å². The largest absolute Gasteiger partial charge is 0.309 e. The van der Waals surface area contributed by atoms with Crippen LogP contribution >= 0.6 is 0 Å². The molecule has 0 amide bonds. The number of benzene rings is 4. The summed E-state index contributed by atoms with van der Waals surface area (Å²) in [5, 5.41) is 0. The van der Waals surface area contributed by atoms with Gasteiger partial charge in [0.15, 0.2) is 0 Å². The average molecular weight is 428 g/mol. The molecule has 33 heavy (non-hydrogen) atoms. The zero-order valence-electron chi connectivity index (χ0n) is 19.3. The minimum atomic E-state index is 0.662. The predicted octanol–water partition coefficient (Wildman–Crippen LogP) is 8.68. The van der Waals surface area contributed by atoms with Gasteiger partial charge in [-0.05, 0) is 64.4 Å². The number of hydrogen-bond donors (Lipinski definition) is 0. The van der Waals surface area contributed by atoms with Crippen molar-refractivity contribution in [2.24, 2.45) is 5.92 Å². The molecule has 5 aromatic rings. The van der Waals surface area contributed by atoms with Gasteiger partial charge in [-0.2, -0.15) is 0 Å². The first-order chi connectivity index (χ1) is 16.2. The first kappa shape index (κ1) is 21.0. The second-order valence-corrected chi connectivity index (χ2v) is 9.01. The predicted molar refractivity (Wildman–Crippen MR) is 141 cm³/mol. The van der Waals surface area contributed by atoms with Crippen molar-refractivity contribution >= 4 is 0 Å². The Kier molecular flexibility index (Phi) is 5.95. The van der Waals surface area contributed by atoms with Gasteiger partial charge in [-0.25, -0.2) is 0 Å². The van der Waals surface area contributed by atoms with E-state index in [9.17, 15) is 0 Å². The average Bonchev–Trinajstić information content (AvgIpc) is 3.30. The van der Waals surface area contributed by atoms with E-state index in [1.165, 1.54) is 44.9 Å². The molecule has 0 spiro atoms. The molecule has 1 heteroatoms. The molecule has 5 rings (SSSR count). The van der Waals surface area contributed by atoms with Gasteiger partial charge < -0.3 is 4.57 Å². The summed E-state index contributed by atoms with van der Waals surface area (Å²) in [7, 11) is 0. The first-order valence-electron chi connectivity index (χ1n) is 11.7. The molecule has 1 aromatic heterocycles. The van der Waals surface area contributed by atoms with Crippen LogP contribution in [0.2, 0.25) is 0 Å². The Hall–Kier alpha value is -3.84. The molecule has 0 radical (unpaired) electrons. The number of para-hydroxylation sites is 1. The van der Waals surface area contributed by atoms with Gasteiger partial charge in [0.05, 0.1) is 11.4 Å². The Balaban J connectivity index is 1.57. The summed E-state index contributed by atoms with van der Waals surface area (Å²) in [5.41, 5.74) is 9.89. The molecule has 1 heterocycles. The fourth-order valence-electron chi connectivity index (χ4n) is 4.49. The summed E-state index contributed by atoms with van der Waals surface area (Å²) in [6, 6.07) is 43.6. The Morgan fingerprint density at radius 3 is 1.48 bits per heavy atom. The van der Waals surface area contributed by atoms with E-state index in [1.807, 2.05) is 0 Å². The van der Waals surface area contributed by atoms with Crippen LogP contribution in [0.5, 0.6) is 0 Å². The van der Waals surface area contributed by atoms with E-state index in [4.69, 9.17) is 0 Å². The standard InChI is InChI=1S/C32H29N/c1-24(2)23-25-13-15-28(16-14-25)31-21-22-32(33(31)30-11-7-4-8-12-30)29-19-17-27(18-20-29)26-9-5-3-6-10-26/h3-22,24H,23H2,1-2H3. The van der Waals surface area contributed by atoms with Crippen LogP contribution in [0, 0.1) is 5.92 Å². The molecule has 0 atom stereocenters. The van der Waals surface area contributed by atoms with Crippen LogP contribution in [0.1, 0.15) is 19.4 Å². The Morgan fingerprint density at radius 2 is 0.939 bits per heavy atom. The monoisotopic (exact) mass is 427 g/mol. The molecular formula is C32H29N. The smallest absolute Gasteiger partial charge is 0.0535 e. The molecular weight excluding hydrogens is 398 g/mol. The fourth-order valence-corrected chi connectivity index (χ4v) is 4.49. The molecule has 0 aliphatic rings. The number of nitrogens with zero attached hydrogens (tertiary/aromatic N) is 1. The molecule has 0 N–H and O–H groups in total. The van der Waals surface area contributed by atoms with Gasteiger partial charge in [-0.3, -0.25) is 0 Å². The SMILES string of the molecule is CC(C)Cc1ccc(-c2ccc(-c3ccc(-c4ccccc4)cc3)n2-c2ccccc2)cc1. The summed E-state index contributed by atoms with van der Waals surface area (Å²) in [4.78, 5) is 0. The summed E-state index contributed by atoms with van der Waals surface area (Å²) in [6.45, 7) is 4.54. The highest BCUT2D eigenvalue weighted by Crippen LogP contribution is 2.33. The van der Waals surface area contributed by atoms with Crippen LogP contribution in [0.3, 0.4) is 0 Å². The summed E-state index contributed by atoms with van der Waals surface area (Å²) < 4.78 is 2.37. The molecule has 0 saturated heterocycles. The quantitative estimate of drug-likeness (QED) is 0.255. The third-order valence-corrected chi connectivity index (χ3v) is 6.08. The van der Waals surface area contributed by atoms with E-state index >= 15 is 0 Å². The van der Waals surface area contributed by atoms with Crippen LogP contribution < -0.4 is 0 Å². The highest BCUT2D eigenvalue weighted by molar-refractivity contribution is 5.75. The molecule has 0 unspecified atom stereocenters. The Morgan fingerprint density at radius 1 is 0.485 bits per heavy atom. The normalized spacial score (nSPS) is 11.1. The number of aromatic nitrogens is 1. The van der Waals surface area contributed by atoms with Crippen LogP contribution in [-0.2, 0) is 6.42 Å². The van der Waals surface area contributed by atoms with Crippen LogP contribution in [0.25, 0.3) is 39.3 Å².